The molecule has 1 fully saturated rings. The van der Waals surface area contributed by atoms with Crippen molar-refractivity contribution in [2.24, 2.45) is 0 Å². The molecular formula is C17H18INS. The zero-order valence-electron chi connectivity index (χ0n) is 11.3. The number of benzene rings is 1. The van der Waals surface area contributed by atoms with Crippen molar-refractivity contribution in [1.29, 1.82) is 0 Å². The van der Waals surface area contributed by atoms with Crippen molar-refractivity contribution < 1.29 is 0 Å². The molecule has 0 spiro atoms. The Morgan fingerprint density at radius 1 is 1.20 bits per heavy atom. The molecule has 1 aromatic heterocycles. The highest BCUT2D eigenvalue weighted by Crippen LogP contribution is 2.44. The summed E-state index contributed by atoms with van der Waals surface area (Å²) in [5.74, 6) is 0.735. The van der Waals surface area contributed by atoms with Crippen LogP contribution in [0.3, 0.4) is 0 Å². The third kappa shape index (κ3) is 2.55. The summed E-state index contributed by atoms with van der Waals surface area (Å²) in [7, 11) is 0. The summed E-state index contributed by atoms with van der Waals surface area (Å²) in [5, 5.41) is 3.91. The summed E-state index contributed by atoms with van der Waals surface area (Å²) in [4.78, 5) is 1.62. The van der Waals surface area contributed by atoms with Crippen molar-refractivity contribution in [2.75, 3.05) is 0 Å². The first kappa shape index (κ1) is 13.3. The molecule has 0 radical (unpaired) electrons. The van der Waals surface area contributed by atoms with Crippen molar-refractivity contribution in [3.8, 4) is 0 Å². The molecule has 1 aromatic carbocycles. The van der Waals surface area contributed by atoms with Crippen LogP contribution < -0.4 is 5.32 Å². The molecule has 2 aliphatic carbocycles. The predicted molar refractivity (Wildman–Crippen MR) is 93.4 cm³/mol. The van der Waals surface area contributed by atoms with Gasteiger partial charge in [0.25, 0.3) is 0 Å². The summed E-state index contributed by atoms with van der Waals surface area (Å²) in [6.07, 6.45) is 5.23. The number of nitrogens with one attached hydrogen (secondary N) is 1. The van der Waals surface area contributed by atoms with Crippen LogP contribution in [0.25, 0.3) is 0 Å². The maximum Gasteiger partial charge on any atom is 0.0659 e. The van der Waals surface area contributed by atoms with E-state index >= 15 is 0 Å². The van der Waals surface area contributed by atoms with Crippen LogP contribution in [-0.2, 0) is 6.42 Å². The molecule has 1 nitrogen and oxygen atoms in total. The summed E-state index contributed by atoms with van der Waals surface area (Å²) in [5.41, 5.74) is 3.09. The fraction of sp³-hybridized carbons (Fsp3) is 0.412. The Morgan fingerprint density at radius 2 is 2.05 bits per heavy atom. The molecule has 0 amide bonds. The van der Waals surface area contributed by atoms with Gasteiger partial charge in [-0.1, -0.05) is 30.3 Å². The van der Waals surface area contributed by atoms with Crippen LogP contribution in [0.15, 0.2) is 36.4 Å². The molecular weight excluding hydrogens is 377 g/mol. The van der Waals surface area contributed by atoms with Gasteiger partial charge < -0.3 is 5.32 Å². The molecule has 3 heteroatoms. The second-order valence-electron chi connectivity index (χ2n) is 5.90. The molecule has 3 atom stereocenters. The molecule has 0 saturated heterocycles. The van der Waals surface area contributed by atoms with Gasteiger partial charge in [0.1, 0.15) is 0 Å². The van der Waals surface area contributed by atoms with E-state index in [-0.39, 0.29) is 0 Å². The van der Waals surface area contributed by atoms with E-state index < -0.39 is 0 Å². The van der Waals surface area contributed by atoms with Gasteiger partial charge in [-0.15, -0.1) is 11.3 Å². The van der Waals surface area contributed by atoms with Gasteiger partial charge in [-0.05, 0) is 65.5 Å². The average Bonchev–Trinajstić information content (AvgIpc) is 3.12. The molecule has 2 aromatic rings. The molecule has 1 heterocycles. The second kappa shape index (κ2) is 5.43. The molecule has 0 aliphatic heterocycles. The number of fused-ring (bicyclic) bond motifs is 1. The number of hydrogen-bond acceptors (Lipinski definition) is 2. The first-order valence-electron chi connectivity index (χ1n) is 7.40. The molecule has 20 heavy (non-hydrogen) atoms. The monoisotopic (exact) mass is 395 g/mol. The molecule has 4 rings (SSSR count). The fourth-order valence-electron chi connectivity index (χ4n) is 3.40. The van der Waals surface area contributed by atoms with E-state index in [9.17, 15) is 0 Å². The largest absolute Gasteiger partial charge is 0.306 e. The third-order valence-corrected chi connectivity index (χ3v) is 6.49. The standard InChI is InChI=1S/C17H18INS/c18-17-10-13-14(7-4-8-16(13)20-17)19-15-9-12(15)11-5-2-1-3-6-11/h1-3,5-6,10,12,14-15,19H,4,7-9H2. The van der Waals surface area contributed by atoms with Crippen molar-refractivity contribution in [3.05, 3.63) is 55.3 Å². The lowest BCUT2D eigenvalue weighted by Crippen LogP contribution is -2.27. The van der Waals surface area contributed by atoms with Crippen molar-refractivity contribution >= 4 is 33.9 Å². The first-order valence-corrected chi connectivity index (χ1v) is 9.30. The quantitative estimate of drug-likeness (QED) is 0.731. The van der Waals surface area contributed by atoms with Crippen LogP contribution in [0.1, 0.15) is 47.2 Å². The van der Waals surface area contributed by atoms with Gasteiger partial charge in [0.05, 0.1) is 2.88 Å². The molecule has 104 valence electrons. The van der Waals surface area contributed by atoms with E-state index in [2.05, 4.69) is 64.3 Å². The highest BCUT2D eigenvalue weighted by Gasteiger charge is 2.40. The minimum absolute atomic E-state index is 0.595. The van der Waals surface area contributed by atoms with Crippen LogP contribution >= 0.6 is 33.9 Å². The second-order valence-corrected chi connectivity index (χ2v) is 8.93. The van der Waals surface area contributed by atoms with Crippen molar-refractivity contribution in [2.45, 2.75) is 43.7 Å². The van der Waals surface area contributed by atoms with E-state index in [4.69, 9.17) is 0 Å². The molecule has 2 aliphatic rings. The van der Waals surface area contributed by atoms with Gasteiger partial charge in [-0.25, -0.2) is 0 Å². The summed E-state index contributed by atoms with van der Waals surface area (Å²) >= 11 is 4.45. The van der Waals surface area contributed by atoms with Gasteiger partial charge in [0.2, 0.25) is 0 Å². The Balaban J connectivity index is 1.47. The van der Waals surface area contributed by atoms with Crippen molar-refractivity contribution in [1.82, 2.24) is 5.32 Å². The minimum atomic E-state index is 0.595. The van der Waals surface area contributed by atoms with E-state index in [0.717, 1.165) is 5.92 Å². The van der Waals surface area contributed by atoms with Crippen LogP contribution in [-0.4, -0.2) is 6.04 Å². The van der Waals surface area contributed by atoms with Gasteiger partial charge in [0, 0.05) is 22.9 Å². The zero-order chi connectivity index (χ0) is 13.5. The Hall–Kier alpha value is -0.390. The Bertz CT molecular complexity index is 607. The molecule has 1 N–H and O–H groups in total. The predicted octanol–water partition coefficient (Wildman–Crippen LogP) is 4.88. The number of halogens is 1. The van der Waals surface area contributed by atoms with Gasteiger partial charge in [-0.2, -0.15) is 0 Å². The molecule has 0 bridgehead atoms. The first-order chi connectivity index (χ1) is 9.81. The highest BCUT2D eigenvalue weighted by molar-refractivity contribution is 14.1. The van der Waals surface area contributed by atoms with Crippen LogP contribution in [0.4, 0.5) is 0 Å². The number of thiophene rings is 1. The highest BCUT2D eigenvalue weighted by atomic mass is 127. The van der Waals surface area contributed by atoms with Gasteiger partial charge in [-0.3, -0.25) is 0 Å². The molecule has 3 unspecified atom stereocenters. The Kier molecular flexibility index (Phi) is 3.60. The van der Waals surface area contributed by atoms with E-state index in [1.807, 2.05) is 11.3 Å². The number of aryl methyl sites for hydroxylation is 1. The topological polar surface area (TPSA) is 12.0 Å². The lowest BCUT2D eigenvalue weighted by Gasteiger charge is -2.24. The smallest absolute Gasteiger partial charge is 0.0659 e. The van der Waals surface area contributed by atoms with E-state index in [1.54, 1.807) is 10.4 Å². The lowest BCUT2D eigenvalue weighted by molar-refractivity contribution is 0.457. The normalized spacial score (nSPS) is 28.1. The molecule has 1 saturated carbocycles. The summed E-state index contributed by atoms with van der Waals surface area (Å²) in [6, 6.07) is 14.6. The Labute approximate surface area is 137 Å². The number of hydrogen-bond donors (Lipinski definition) is 1. The maximum atomic E-state index is 3.91. The van der Waals surface area contributed by atoms with Crippen LogP contribution in [0.5, 0.6) is 0 Å². The maximum absolute atomic E-state index is 3.91. The van der Waals surface area contributed by atoms with Crippen molar-refractivity contribution in [3.63, 3.8) is 0 Å². The lowest BCUT2D eigenvalue weighted by atomic mass is 9.94. The van der Waals surface area contributed by atoms with Crippen LogP contribution in [0.2, 0.25) is 0 Å². The number of rotatable bonds is 3. The zero-order valence-corrected chi connectivity index (χ0v) is 14.3. The SMILES string of the molecule is Ic1cc2c(s1)CCCC2NC1CC1c1ccccc1. The summed E-state index contributed by atoms with van der Waals surface area (Å²) in [6.45, 7) is 0. The van der Waals surface area contributed by atoms with Crippen LogP contribution in [0, 0.1) is 2.88 Å². The Morgan fingerprint density at radius 3 is 2.90 bits per heavy atom. The fourth-order valence-corrected chi connectivity index (χ4v) is 5.52. The average molecular weight is 395 g/mol. The van der Waals surface area contributed by atoms with E-state index in [1.165, 1.54) is 34.1 Å². The minimum Gasteiger partial charge on any atom is -0.306 e. The van der Waals surface area contributed by atoms with Gasteiger partial charge >= 0.3 is 0 Å². The summed E-state index contributed by atoms with van der Waals surface area (Å²) < 4.78 is 1.44. The van der Waals surface area contributed by atoms with Gasteiger partial charge in [0.15, 0.2) is 0 Å². The third-order valence-electron chi connectivity index (χ3n) is 4.52. The van der Waals surface area contributed by atoms with E-state index in [0.29, 0.717) is 12.1 Å².